The van der Waals surface area contributed by atoms with Gasteiger partial charge in [-0.05, 0) is 92.0 Å². The summed E-state index contributed by atoms with van der Waals surface area (Å²) in [5.41, 5.74) is 5.92. The number of hydrogen-bond acceptors (Lipinski definition) is 7. The number of pyridine rings is 1. The molecule has 2 aromatic heterocycles. The minimum atomic E-state index is -4.62. The third kappa shape index (κ3) is 5.46. The highest BCUT2D eigenvalue weighted by molar-refractivity contribution is 7.97. The Kier molecular flexibility index (Phi) is 7.65. The number of halogens is 4. The van der Waals surface area contributed by atoms with E-state index in [4.69, 9.17) is 5.73 Å². The number of hydrogen-bond donors (Lipinski definition) is 1. The third-order valence-corrected chi connectivity index (χ3v) is 8.16. The molecule has 0 saturated carbocycles. The van der Waals surface area contributed by atoms with Crippen molar-refractivity contribution < 1.29 is 22.4 Å². The highest BCUT2D eigenvalue weighted by Gasteiger charge is 2.50. The van der Waals surface area contributed by atoms with E-state index in [9.17, 15) is 22.4 Å². The van der Waals surface area contributed by atoms with Gasteiger partial charge in [0.05, 0.1) is 28.6 Å². The van der Waals surface area contributed by atoms with Gasteiger partial charge in [0.25, 0.3) is 0 Å². The van der Waals surface area contributed by atoms with Crippen LogP contribution in [0.15, 0.2) is 88.3 Å². The Morgan fingerprint density at radius 3 is 2.67 bits per heavy atom. The average Bonchev–Trinajstić information content (AvgIpc) is 3.40. The van der Waals surface area contributed by atoms with Crippen LogP contribution in [0.4, 0.5) is 23.2 Å². The second-order valence-corrected chi connectivity index (χ2v) is 10.7. The number of benzene rings is 1. The third-order valence-electron chi connectivity index (χ3n) is 7.06. The largest absolute Gasteiger partial charge is 0.416 e. The van der Waals surface area contributed by atoms with Crippen molar-refractivity contribution in [1.29, 1.82) is 0 Å². The maximum Gasteiger partial charge on any atom is 0.416 e. The number of alkyl halides is 3. The number of nitrogens with two attached hydrogens (primary N) is 1. The van der Waals surface area contributed by atoms with E-state index in [-0.39, 0.29) is 18.7 Å². The lowest BCUT2D eigenvalue weighted by Crippen LogP contribution is -2.49. The first-order valence-corrected chi connectivity index (χ1v) is 13.4. The van der Waals surface area contributed by atoms with Gasteiger partial charge in [0, 0.05) is 25.8 Å². The van der Waals surface area contributed by atoms with Gasteiger partial charge in [-0.2, -0.15) is 18.3 Å². The molecule has 0 bridgehead atoms. The molecule has 2 N–H and O–H groups in total. The molecule has 1 fully saturated rings. The summed E-state index contributed by atoms with van der Waals surface area (Å²) in [7, 11) is 0. The Morgan fingerprint density at radius 1 is 1.20 bits per heavy atom. The number of aliphatic imine (C=N–C) groups is 1. The fourth-order valence-electron chi connectivity index (χ4n) is 5.04. The van der Waals surface area contributed by atoms with Crippen LogP contribution in [0.2, 0.25) is 0 Å². The summed E-state index contributed by atoms with van der Waals surface area (Å²) >= 11 is 1.45. The Bertz CT molecular complexity index is 1510. The molecule has 5 rings (SSSR count). The van der Waals surface area contributed by atoms with Crippen LogP contribution in [0.25, 0.3) is 0 Å². The van der Waals surface area contributed by atoms with Gasteiger partial charge in [0.2, 0.25) is 0 Å². The van der Waals surface area contributed by atoms with Crippen molar-refractivity contribution in [2.75, 3.05) is 13.1 Å². The van der Waals surface area contributed by atoms with E-state index in [0.29, 0.717) is 36.5 Å². The first kappa shape index (κ1) is 27.8. The number of carbonyl (C=O) groups excluding carboxylic acids is 1. The fourth-order valence-corrected chi connectivity index (χ4v) is 6.17. The topological polar surface area (TPSA) is 89.4 Å². The van der Waals surface area contributed by atoms with Crippen molar-refractivity contribution in [1.82, 2.24) is 19.1 Å². The van der Waals surface area contributed by atoms with Crippen molar-refractivity contribution in [2.45, 2.75) is 37.5 Å². The normalized spacial score (nSPS) is 21.9. The molecule has 0 spiro atoms. The minimum Gasteiger partial charge on any atom is -0.404 e. The molecule has 7 nitrogen and oxygen atoms in total. The second-order valence-electron chi connectivity index (χ2n) is 9.54. The minimum absolute atomic E-state index is 0.121. The Hall–Kier alpha value is -3.77. The van der Waals surface area contributed by atoms with E-state index in [0.717, 1.165) is 28.9 Å². The molecule has 3 aromatic rings. The SMILES string of the molecule is CCn1nccc1SN1CCC2=CC(=Nc3ccc(F)cc3)C(=CN)CC2(C(=O)c2cc(C(F)(F)F)ccn2)C1. The molecular weight excluding hydrogens is 544 g/mol. The first-order chi connectivity index (χ1) is 19.1. The summed E-state index contributed by atoms with van der Waals surface area (Å²) in [6, 6.07) is 9.19. The van der Waals surface area contributed by atoms with Gasteiger partial charge in [-0.25, -0.2) is 13.7 Å². The highest BCUT2D eigenvalue weighted by Crippen LogP contribution is 2.48. The van der Waals surface area contributed by atoms with Crippen LogP contribution in [0, 0.1) is 11.2 Å². The molecule has 3 heterocycles. The molecule has 1 aromatic carbocycles. The number of aromatic nitrogens is 3. The van der Waals surface area contributed by atoms with Crippen molar-refractivity contribution >= 4 is 29.1 Å². The van der Waals surface area contributed by atoms with E-state index in [2.05, 4.69) is 15.1 Å². The standard InChI is InChI=1S/C28H26F4N6OS/c1-2-38-25(8-11-35-38)40-37-12-9-19-13-23(36-22-5-3-21(29)4-6-22)18(16-33)15-27(19,17-37)26(39)24-14-20(7-10-34-24)28(30,31)32/h3-8,10-11,13-14,16H,2,9,12,15,17,33H2,1H3. The first-order valence-electron chi connectivity index (χ1n) is 12.6. The Balaban J connectivity index is 1.58. The van der Waals surface area contributed by atoms with Crippen molar-refractivity contribution in [3.05, 3.63) is 95.4 Å². The van der Waals surface area contributed by atoms with Gasteiger partial charge in [-0.3, -0.25) is 14.5 Å². The van der Waals surface area contributed by atoms with Crippen LogP contribution >= 0.6 is 11.9 Å². The molecular formula is C28H26F4N6OS. The molecule has 1 aliphatic carbocycles. The van der Waals surface area contributed by atoms with Gasteiger partial charge in [-0.1, -0.05) is 5.57 Å². The van der Waals surface area contributed by atoms with Gasteiger partial charge in [0.1, 0.15) is 16.5 Å². The van der Waals surface area contributed by atoms with Crippen LogP contribution in [-0.4, -0.2) is 43.7 Å². The van der Waals surface area contributed by atoms with Crippen LogP contribution in [0.3, 0.4) is 0 Å². The van der Waals surface area contributed by atoms with E-state index in [1.165, 1.54) is 42.4 Å². The van der Waals surface area contributed by atoms with Crippen LogP contribution in [0.1, 0.15) is 35.8 Å². The van der Waals surface area contributed by atoms with Gasteiger partial charge in [-0.15, -0.1) is 0 Å². The smallest absolute Gasteiger partial charge is 0.404 e. The second kappa shape index (κ2) is 11.0. The number of rotatable bonds is 6. The molecule has 2 aliphatic rings. The number of fused-ring (bicyclic) bond motifs is 1. The zero-order valence-electron chi connectivity index (χ0n) is 21.5. The van der Waals surface area contributed by atoms with E-state index in [1.807, 2.05) is 22.0 Å². The highest BCUT2D eigenvalue weighted by atomic mass is 32.2. The van der Waals surface area contributed by atoms with Crippen molar-refractivity contribution in [3.63, 3.8) is 0 Å². The van der Waals surface area contributed by atoms with Crippen LogP contribution < -0.4 is 5.73 Å². The Morgan fingerprint density at radius 2 is 1.98 bits per heavy atom. The fraction of sp³-hybridized carbons (Fsp3) is 0.286. The van der Waals surface area contributed by atoms with Crippen LogP contribution in [0.5, 0.6) is 0 Å². The number of aryl methyl sites for hydroxylation is 1. The summed E-state index contributed by atoms with van der Waals surface area (Å²) in [6.07, 6.45) is 1.83. The summed E-state index contributed by atoms with van der Waals surface area (Å²) in [6.45, 7) is 3.44. The quantitative estimate of drug-likeness (QED) is 0.223. The molecule has 0 radical (unpaired) electrons. The van der Waals surface area contributed by atoms with E-state index < -0.39 is 28.8 Å². The molecule has 1 saturated heterocycles. The number of nitrogens with zero attached hydrogens (tertiary/aromatic N) is 5. The molecule has 0 amide bonds. The van der Waals surface area contributed by atoms with E-state index in [1.54, 1.807) is 12.3 Å². The summed E-state index contributed by atoms with van der Waals surface area (Å²) in [5.74, 6) is -0.910. The molecule has 1 atom stereocenters. The summed E-state index contributed by atoms with van der Waals surface area (Å²) in [5, 5.41) is 5.19. The number of allylic oxidation sites excluding steroid dienone is 2. The van der Waals surface area contributed by atoms with Crippen LogP contribution in [-0.2, 0) is 12.7 Å². The summed E-state index contributed by atoms with van der Waals surface area (Å²) in [4.78, 5) is 22.9. The molecule has 12 heteroatoms. The monoisotopic (exact) mass is 570 g/mol. The maximum atomic E-state index is 14.2. The number of ketones is 1. The van der Waals surface area contributed by atoms with Crippen molar-refractivity contribution in [2.24, 2.45) is 16.1 Å². The molecule has 40 heavy (non-hydrogen) atoms. The lowest BCUT2D eigenvalue weighted by atomic mass is 9.64. The molecule has 1 unspecified atom stereocenters. The van der Waals surface area contributed by atoms with Crippen molar-refractivity contribution in [3.8, 4) is 0 Å². The van der Waals surface area contributed by atoms with E-state index >= 15 is 0 Å². The summed E-state index contributed by atoms with van der Waals surface area (Å²) < 4.78 is 57.8. The van der Waals surface area contributed by atoms with Gasteiger partial charge < -0.3 is 5.73 Å². The average molecular weight is 571 g/mol. The number of piperidine rings is 1. The maximum absolute atomic E-state index is 14.2. The predicted molar refractivity (Wildman–Crippen MR) is 144 cm³/mol. The number of Topliss-reactive ketones (excluding diaryl/α,β-unsaturated/α-hetero) is 1. The zero-order valence-corrected chi connectivity index (χ0v) is 22.3. The lowest BCUT2D eigenvalue weighted by molar-refractivity contribution is -0.137. The lowest BCUT2D eigenvalue weighted by Gasteiger charge is -2.45. The molecule has 208 valence electrons. The number of carbonyl (C=O) groups is 1. The predicted octanol–water partition coefficient (Wildman–Crippen LogP) is 5.98. The van der Waals surface area contributed by atoms with Gasteiger partial charge in [0.15, 0.2) is 5.78 Å². The Labute approximate surface area is 232 Å². The van der Waals surface area contributed by atoms with Gasteiger partial charge >= 0.3 is 6.18 Å². The molecule has 1 aliphatic heterocycles. The zero-order chi connectivity index (χ0) is 28.5.